The smallest absolute Gasteiger partial charge is 0.271 e. The Morgan fingerprint density at radius 1 is 1.15 bits per heavy atom. The number of fused-ring (bicyclic) bond motifs is 1. The summed E-state index contributed by atoms with van der Waals surface area (Å²) in [6.45, 7) is 8.98. The number of piperidine rings is 1. The molecule has 10 nitrogen and oxygen atoms in total. The van der Waals surface area contributed by atoms with Gasteiger partial charge in [0, 0.05) is 52.5 Å². The van der Waals surface area contributed by atoms with Crippen LogP contribution < -0.4 is 21.9 Å². The van der Waals surface area contributed by atoms with Crippen molar-refractivity contribution in [2.24, 2.45) is 23.4 Å². The van der Waals surface area contributed by atoms with Gasteiger partial charge in [-0.2, -0.15) is 0 Å². The minimum atomic E-state index is -0.219. The summed E-state index contributed by atoms with van der Waals surface area (Å²) in [7, 11) is 1.69. The summed E-state index contributed by atoms with van der Waals surface area (Å²) in [6, 6.07) is 6.15. The van der Waals surface area contributed by atoms with Crippen molar-refractivity contribution in [1.29, 1.82) is 0 Å². The number of aryl methyl sites for hydroxylation is 2. The first-order valence-corrected chi connectivity index (χ1v) is 15.3. The third-order valence-electron chi connectivity index (χ3n) is 8.47. The molecule has 0 spiro atoms. The Balaban J connectivity index is 1.58. The van der Waals surface area contributed by atoms with Crippen LogP contribution in [-0.4, -0.2) is 87.3 Å². The molecule has 2 fully saturated rings. The number of rotatable bonds is 12. The maximum absolute atomic E-state index is 14.2. The van der Waals surface area contributed by atoms with Crippen molar-refractivity contribution in [2.75, 3.05) is 64.7 Å². The Morgan fingerprint density at radius 3 is 2.63 bits per heavy atom. The van der Waals surface area contributed by atoms with Crippen LogP contribution >= 0.6 is 0 Å². The maximum atomic E-state index is 14.2. The molecule has 3 aliphatic rings. The molecule has 5 N–H and O–H groups in total. The highest BCUT2D eigenvalue weighted by molar-refractivity contribution is 5.94. The topological polar surface area (TPSA) is 126 Å². The van der Waals surface area contributed by atoms with Gasteiger partial charge >= 0.3 is 0 Å². The van der Waals surface area contributed by atoms with Crippen molar-refractivity contribution in [3.63, 3.8) is 0 Å². The largest absolute Gasteiger partial charge is 0.393 e. The first kappa shape index (κ1) is 31.3. The molecule has 4 rings (SSSR count). The number of carbonyl (C=O) groups is 2. The SMILES string of the molecule is COCCCC/C(=C(/N)C(=O)N(CC(C)C)C1CNCC(C(=O)N2CCOCC2)C1)N(N)c1ccc2c(c1)CCC2. The zero-order valence-electron chi connectivity index (χ0n) is 25.2. The number of hydrazine groups is 1. The molecule has 2 aliphatic heterocycles. The summed E-state index contributed by atoms with van der Waals surface area (Å²) < 4.78 is 10.7. The molecule has 2 saturated heterocycles. The second-order valence-electron chi connectivity index (χ2n) is 12.0. The van der Waals surface area contributed by atoms with Crippen LogP contribution in [0.15, 0.2) is 29.6 Å². The standard InChI is InChI=1S/C31H50N6O4/c1-22(2)21-36(27-18-25(19-34-20-27)30(38)35-12-15-41-16-13-35)31(39)29(32)28(9-4-5-14-40-3)37(33)26-11-10-23-7-6-8-24(23)17-26/h10-11,17,22,25,27,34H,4-9,12-16,18-21,32-33H2,1-3H3/b29-28-. The lowest BCUT2D eigenvalue weighted by Crippen LogP contribution is -2.56. The van der Waals surface area contributed by atoms with Crippen LogP contribution in [0, 0.1) is 11.8 Å². The van der Waals surface area contributed by atoms with Gasteiger partial charge in [-0.3, -0.25) is 14.6 Å². The number of nitrogens with two attached hydrogens (primary N) is 2. The van der Waals surface area contributed by atoms with Gasteiger partial charge in [0.25, 0.3) is 5.91 Å². The van der Waals surface area contributed by atoms with Gasteiger partial charge in [-0.05, 0) is 74.1 Å². The lowest BCUT2D eigenvalue weighted by Gasteiger charge is -2.40. The highest BCUT2D eigenvalue weighted by Crippen LogP contribution is 2.29. The number of hydrogen-bond donors (Lipinski definition) is 3. The fraction of sp³-hybridized carbons (Fsp3) is 0.677. The van der Waals surface area contributed by atoms with Crippen LogP contribution in [0.5, 0.6) is 0 Å². The first-order valence-electron chi connectivity index (χ1n) is 15.3. The van der Waals surface area contributed by atoms with E-state index in [1.807, 2.05) is 15.9 Å². The Labute approximate surface area is 245 Å². The number of morpholine rings is 1. The molecule has 10 heteroatoms. The Kier molecular flexibility index (Phi) is 11.4. The average molecular weight is 571 g/mol. The van der Waals surface area contributed by atoms with E-state index < -0.39 is 0 Å². The molecule has 1 aliphatic carbocycles. The molecular weight excluding hydrogens is 520 g/mol. The van der Waals surface area contributed by atoms with Gasteiger partial charge < -0.3 is 30.3 Å². The van der Waals surface area contributed by atoms with Crippen molar-refractivity contribution in [3.8, 4) is 0 Å². The predicted molar refractivity (Wildman–Crippen MR) is 161 cm³/mol. The fourth-order valence-corrected chi connectivity index (χ4v) is 6.24. The van der Waals surface area contributed by atoms with E-state index in [1.54, 1.807) is 12.1 Å². The summed E-state index contributed by atoms with van der Waals surface area (Å²) in [5.74, 6) is 6.69. The third-order valence-corrected chi connectivity index (χ3v) is 8.47. The number of hydrogen-bond acceptors (Lipinski definition) is 8. The number of allylic oxidation sites excluding steroid dienone is 1. The predicted octanol–water partition coefficient (Wildman–Crippen LogP) is 2.16. The van der Waals surface area contributed by atoms with Crippen LogP contribution in [-0.2, 0) is 31.9 Å². The number of methoxy groups -OCH3 is 1. The quantitative estimate of drug-likeness (QED) is 0.151. The highest BCUT2D eigenvalue weighted by atomic mass is 16.5. The molecule has 1 aromatic rings. The number of benzene rings is 1. The molecule has 1 aromatic carbocycles. The van der Waals surface area contributed by atoms with Crippen molar-refractivity contribution < 1.29 is 19.1 Å². The average Bonchev–Trinajstić information content (AvgIpc) is 3.47. The van der Waals surface area contributed by atoms with E-state index in [4.69, 9.17) is 21.1 Å². The van der Waals surface area contributed by atoms with Crippen LogP contribution in [0.1, 0.15) is 57.1 Å². The minimum absolute atomic E-state index is 0.134. The van der Waals surface area contributed by atoms with E-state index in [-0.39, 0.29) is 35.4 Å². The summed E-state index contributed by atoms with van der Waals surface area (Å²) in [5.41, 5.74) is 11.1. The second-order valence-corrected chi connectivity index (χ2v) is 12.0. The number of unbranched alkanes of at least 4 members (excludes halogenated alkanes) is 1. The van der Waals surface area contributed by atoms with Gasteiger partial charge in [0.15, 0.2) is 0 Å². The molecule has 2 amide bonds. The summed E-state index contributed by atoms with van der Waals surface area (Å²) in [4.78, 5) is 31.3. The van der Waals surface area contributed by atoms with Gasteiger partial charge in [-0.1, -0.05) is 19.9 Å². The number of anilines is 1. The second kappa shape index (κ2) is 15.0. The lowest BCUT2D eigenvalue weighted by molar-refractivity contribution is -0.142. The van der Waals surface area contributed by atoms with Gasteiger partial charge in [-0.25, -0.2) is 5.84 Å². The van der Waals surface area contributed by atoms with Gasteiger partial charge in [0.2, 0.25) is 5.91 Å². The van der Waals surface area contributed by atoms with Crippen LogP contribution in [0.25, 0.3) is 0 Å². The third kappa shape index (κ3) is 8.00. The zero-order valence-corrected chi connectivity index (χ0v) is 25.2. The van der Waals surface area contributed by atoms with Crippen LogP contribution in [0.2, 0.25) is 0 Å². The van der Waals surface area contributed by atoms with E-state index in [0.717, 1.165) is 37.8 Å². The monoisotopic (exact) mass is 570 g/mol. The molecule has 41 heavy (non-hydrogen) atoms. The molecule has 228 valence electrons. The number of nitrogens with zero attached hydrogens (tertiary/aromatic N) is 3. The summed E-state index contributed by atoms with van der Waals surface area (Å²) in [5, 5.41) is 5.03. The molecule has 2 unspecified atom stereocenters. The van der Waals surface area contributed by atoms with Crippen molar-refractivity contribution in [1.82, 2.24) is 15.1 Å². The van der Waals surface area contributed by atoms with E-state index in [2.05, 4.69) is 31.3 Å². The summed E-state index contributed by atoms with van der Waals surface area (Å²) in [6.07, 6.45) is 6.08. The number of amides is 2. The zero-order chi connectivity index (χ0) is 29.4. The normalized spacial score (nSPS) is 21.4. The van der Waals surface area contributed by atoms with Crippen LogP contribution in [0.3, 0.4) is 0 Å². The van der Waals surface area contributed by atoms with Gasteiger partial charge in [0.05, 0.1) is 30.5 Å². The van der Waals surface area contributed by atoms with E-state index >= 15 is 0 Å². The van der Waals surface area contributed by atoms with Gasteiger partial charge in [-0.15, -0.1) is 0 Å². The highest BCUT2D eigenvalue weighted by Gasteiger charge is 2.36. The Bertz CT molecular complexity index is 1070. The van der Waals surface area contributed by atoms with Gasteiger partial charge in [0.1, 0.15) is 5.70 Å². The molecule has 0 aromatic heterocycles. The van der Waals surface area contributed by atoms with E-state index in [1.165, 1.54) is 11.1 Å². The van der Waals surface area contributed by atoms with Crippen molar-refractivity contribution in [2.45, 2.75) is 64.8 Å². The number of ether oxygens (including phenoxy) is 2. The molecule has 2 atom stereocenters. The first-order chi connectivity index (χ1) is 19.8. The van der Waals surface area contributed by atoms with E-state index in [0.29, 0.717) is 71.1 Å². The Morgan fingerprint density at radius 2 is 1.90 bits per heavy atom. The van der Waals surface area contributed by atoms with Crippen molar-refractivity contribution in [3.05, 3.63) is 40.7 Å². The maximum Gasteiger partial charge on any atom is 0.271 e. The molecule has 0 saturated carbocycles. The van der Waals surface area contributed by atoms with Crippen LogP contribution in [0.4, 0.5) is 5.69 Å². The lowest BCUT2D eigenvalue weighted by atomic mass is 9.92. The van der Waals surface area contributed by atoms with E-state index in [9.17, 15) is 9.59 Å². The number of nitrogens with one attached hydrogen (secondary N) is 1. The molecule has 2 heterocycles. The molecule has 0 bridgehead atoms. The number of carbonyl (C=O) groups excluding carboxylic acids is 2. The minimum Gasteiger partial charge on any atom is -0.393 e. The molecular formula is C31H50N6O4. The fourth-order valence-electron chi connectivity index (χ4n) is 6.24. The summed E-state index contributed by atoms with van der Waals surface area (Å²) >= 11 is 0. The van der Waals surface area contributed by atoms with Crippen molar-refractivity contribution >= 4 is 17.5 Å². The molecule has 0 radical (unpaired) electrons. The Hall–Kier alpha value is -2.66.